The summed E-state index contributed by atoms with van der Waals surface area (Å²) in [5, 5.41) is 12.1. The van der Waals surface area contributed by atoms with Gasteiger partial charge in [0.1, 0.15) is 0 Å². The zero-order valence-electron chi connectivity index (χ0n) is 19.2. The lowest BCUT2D eigenvalue weighted by atomic mass is 9.69. The smallest absolute Gasteiger partial charge is 0.231 e. The Balaban J connectivity index is 1.46. The van der Waals surface area contributed by atoms with Gasteiger partial charge in [-0.3, -0.25) is 14.7 Å². The van der Waals surface area contributed by atoms with Gasteiger partial charge in [0, 0.05) is 30.9 Å². The first-order chi connectivity index (χ1) is 16.5. The molecule has 0 bridgehead atoms. The Morgan fingerprint density at radius 1 is 1.03 bits per heavy atom. The molecule has 3 aromatic rings. The molecule has 176 valence electrons. The summed E-state index contributed by atoms with van der Waals surface area (Å²) in [5.41, 5.74) is 2.32. The first-order valence-corrected chi connectivity index (χ1v) is 12.3. The average molecular weight is 476 g/mol. The second-order valence-corrected chi connectivity index (χ2v) is 10.0. The summed E-state index contributed by atoms with van der Waals surface area (Å²) >= 11 is 6.25. The van der Waals surface area contributed by atoms with Crippen LogP contribution in [0.1, 0.15) is 42.1 Å². The number of halogens is 1. The number of carbonyl (C=O) groups excluding carboxylic acids is 1. The molecule has 34 heavy (non-hydrogen) atoms. The maximum atomic E-state index is 14.3. The van der Waals surface area contributed by atoms with Crippen LogP contribution in [0.4, 0.5) is 0 Å². The number of likely N-dealkylation sites (tertiary alicyclic amines) is 2. The second kappa shape index (κ2) is 9.87. The molecule has 0 unspecified atom stereocenters. The fourth-order valence-electron chi connectivity index (χ4n) is 5.72. The van der Waals surface area contributed by atoms with Crippen LogP contribution in [0, 0.1) is 5.41 Å². The highest BCUT2D eigenvalue weighted by Gasteiger charge is 2.52. The van der Waals surface area contributed by atoms with Gasteiger partial charge in [-0.15, -0.1) is 0 Å². The van der Waals surface area contributed by atoms with Crippen LogP contribution >= 0.6 is 11.6 Å². The van der Waals surface area contributed by atoms with Crippen LogP contribution in [0.2, 0.25) is 5.02 Å². The number of piperidine rings is 2. The molecule has 1 N–H and O–H groups in total. The van der Waals surface area contributed by atoms with Crippen molar-refractivity contribution in [3.63, 3.8) is 0 Å². The number of aromatic nitrogens is 1. The molecule has 2 aliphatic heterocycles. The van der Waals surface area contributed by atoms with Gasteiger partial charge in [0.05, 0.1) is 23.3 Å². The Morgan fingerprint density at radius 3 is 2.62 bits per heavy atom. The summed E-state index contributed by atoms with van der Waals surface area (Å²) in [7, 11) is 0. The normalized spacial score (nSPS) is 25.6. The van der Waals surface area contributed by atoms with E-state index in [1.165, 1.54) is 0 Å². The van der Waals surface area contributed by atoms with Crippen molar-refractivity contribution in [2.24, 2.45) is 5.41 Å². The predicted molar refractivity (Wildman–Crippen MR) is 133 cm³/mol. The zero-order chi connectivity index (χ0) is 23.5. The third-order valence-electron chi connectivity index (χ3n) is 7.17. The number of hydrogen-bond acceptors (Lipinski definition) is 4. The Bertz CT molecular complexity index is 1120. The van der Waals surface area contributed by atoms with Gasteiger partial charge in [-0.1, -0.05) is 60.1 Å². The Morgan fingerprint density at radius 2 is 1.85 bits per heavy atom. The van der Waals surface area contributed by atoms with Gasteiger partial charge < -0.3 is 10.0 Å². The van der Waals surface area contributed by atoms with Gasteiger partial charge in [-0.25, -0.2) is 0 Å². The minimum Gasteiger partial charge on any atom is -0.391 e. The Kier molecular flexibility index (Phi) is 6.68. The molecule has 5 nitrogen and oxygen atoms in total. The Labute approximate surface area is 206 Å². The highest BCUT2D eigenvalue weighted by Crippen LogP contribution is 2.46. The number of benzene rings is 2. The summed E-state index contributed by atoms with van der Waals surface area (Å²) in [6, 6.07) is 23.1. The van der Waals surface area contributed by atoms with Crippen molar-refractivity contribution in [2.45, 2.75) is 44.5 Å². The largest absolute Gasteiger partial charge is 0.391 e. The fraction of sp³-hybridized carbons (Fsp3) is 0.357. The standard InChI is InChI=1S/C28H30ClN3O2/c29-23-11-6-8-21(16-23)18-32-26(22-9-2-1-3-10-22)25(33)17-28(27(32)34)13-7-15-31(20-28)19-24-12-4-5-14-30-24/h1-6,8-12,14,16,25-26,33H,7,13,15,17-20H2/t25-,26+,28+/m1/s1. The third kappa shape index (κ3) is 4.74. The molecule has 1 aromatic heterocycles. The molecule has 1 amide bonds. The highest BCUT2D eigenvalue weighted by molar-refractivity contribution is 6.30. The Hall–Kier alpha value is -2.73. The molecular formula is C28H30ClN3O2. The summed E-state index contributed by atoms with van der Waals surface area (Å²) in [5.74, 6) is 0.123. The van der Waals surface area contributed by atoms with Crippen LogP contribution < -0.4 is 0 Å². The topological polar surface area (TPSA) is 56.7 Å². The molecule has 0 aliphatic carbocycles. The first kappa shape index (κ1) is 23.0. The number of carbonyl (C=O) groups is 1. The van der Waals surface area contributed by atoms with Crippen molar-refractivity contribution in [3.8, 4) is 0 Å². The van der Waals surface area contributed by atoms with Crippen LogP contribution in [0.3, 0.4) is 0 Å². The molecule has 2 aromatic carbocycles. The van der Waals surface area contributed by atoms with E-state index in [9.17, 15) is 9.90 Å². The van der Waals surface area contributed by atoms with Gasteiger partial charge in [-0.05, 0) is 61.2 Å². The van der Waals surface area contributed by atoms with Gasteiger partial charge in [0.25, 0.3) is 0 Å². The van der Waals surface area contributed by atoms with Crippen molar-refractivity contribution in [1.29, 1.82) is 0 Å². The van der Waals surface area contributed by atoms with Crippen molar-refractivity contribution in [2.75, 3.05) is 13.1 Å². The molecule has 6 heteroatoms. The monoisotopic (exact) mass is 475 g/mol. The molecule has 2 aliphatic rings. The fourth-order valence-corrected chi connectivity index (χ4v) is 5.93. The minimum atomic E-state index is -0.644. The molecule has 0 saturated carbocycles. The van der Waals surface area contributed by atoms with Crippen LogP contribution in [0.25, 0.3) is 0 Å². The lowest BCUT2D eigenvalue weighted by Gasteiger charge is -2.52. The molecular weight excluding hydrogens is 446 g/mol. The van der Waals surface area contributed by atoms with Crippen molar-refractivity contribution in [3.05, 3.63) is 101 Å². The van der Waals surface area contributed by atoms with E-state index in [1.807, 2.05) is 83.9 Å². The number of aliphatic hydroxyl groups excluding tert-OH is 1. The van der Waals surface area contributed by atoms with Gasteiger partial charge in [0.2, 0.25) is 5.91 Å². The first-order valence-electron chi connectivity index (χ1n) is 11.9. The van der Waals surface area contributed by atoms with E-state index < -0.39 is 11.5 Å². The molecule has 0 radical (unpaired) electrons. The van der Waals surface area contributed by atoms with Crippen LogP contribution in [-0.2, 0) is 17.9 Å². The van der Waals surface area contributed by atoms with Crippen molar-refractivity contribution in [1.82, 2.24) is 14.8 Å². The minimum absolute atomic E-state index is 0.123. The second-order valence-electron chi connectivity index (χ2n) is 9.61. The SMILES string of the molecule is O=C1N(Cc2cccc(Cl)c2)[C@@H](c2ccccc2)[C@H](O)C[C@]12CCCN(Cc1ccccn1)C2. The summed E-state index contributed by atoms with van der Waals surface area (Å²) < 4.78 is 0. The summed E-state index contributed by atoms with van der Waals surface area (Å²) in [4.78, 5) is 22.9. The lowest BCUT2D eigenvalue weighted by molar-refractivity contribution is -0.166. The molecule has 1 spiro atoms. The van der Waals surface area contributed by atoms with E-state index in [1.54, 1.807) is 0 Å². The maximum absolute atomic E-state index is 14.3. The van der Waals surface area contributed by atoms with Gasteiger partial charge in [-0.2, -0.15) is 0 Å². The van der Waals surface area contributed by atoms with E-state index in [-0.39, 0.29) is 11.9 Å². The molecule has 2 saturated heterocycles. The van der Waals surface area contributed by atoms with Crippen molar-refractivity contribution >= 4 is 17.5 Å². The number of hydrogen-bond donors (Lipinski definition) is 1. The number of nitrogens with zero attached hydrogens (tertiary/aromatic N) is 3. The highest BCUT2D eigenvalue weighted by atomic mass is 35.5. The molecule has 5 rings (SSSR count). The average Bonchev–Trinajstić information content (AvgIpc) is 2.84. The third-order valence-corrected chi connectivity index (χ3v) is 7.40. The van der Waals surface area contributed by atoms with E-state index in [2.05, 4.69) is 9.88 Å². The molecule has 3 atom stereocenters. The number of aliphatic hydroxyl groups is 1. The number of amides is 1. The van der Waals surface area contributed by atoms with Gasteiger partial charge in [0.15, 0.2) is 0 Å². The zero-order valence-corrected chi connectivity index (χ0v) is 19.9. The van der Waals surface area contributed by atoms with Crippen LogP contribution in [0.5, 0.6) is 0 Å². The van der Waals surface area contributed by atoms with Crippen LogP contribution in [0.15, 0.2) is 79.0 Å². The number of rotatable bonds is 5. The quantitative estimate of drug-likeness (QED) is 0.573. The van der Waals surface area contributed by atoms with E-state index >= 15 is 0 Å². The molecule has 3 heterocycles. The van der Waals surface area contributed by atoms with E-state index in [0.717, 1.165) is 36.2 Å². The van der Waals surface area contributed by atoms with E-state index in [0.29, 0.717) is 31.1 Å². The predicted octanol–water partition coefficient (Wildman–Crippen LogP) is 4.85. The summed E-state index contributed by atoms with van der Waals surface area (Å²) in [6.07, 6.45) is 3.34. The summed E-state index contributed by atoms with van der Waals surface area (Å²) in [6.45, 7) is 2.69. The molecule has 2 fully saturated rings. The maximum Gasteiger partial charge on any atom is 0.231 e. The van der Waals surface area contributed by atoms with E-state index in [4.69, 9.17) is 11.6 Å². The van der Waals surface area contributed by atoms with Gasteiger partial charge >= 0.3 is 0 Å². The number of pyridine rings is 1. The van der Waals surface area contributed by atoms with Crippen LogP contribution in [-0.4, -0.2) is 45.0 Å². The lowest BCUT2D eigenvalue weighted by Crippen LogP contribution is -2.60. The van der Waals surface area contributed by atoms with Crippen molar-refractivity contribution < 1.29 is 9.90 Å².